The zero-order valence-electron chi connectivity index (χ0n) is 11.2. The molecule has 3 rings (SSSR count). The van der Waals surface area contributed by atoms with E-state index in [9.17, 15) is 15.0 Å². The van der Waals surface area contributed by atoms with E-state index in [0.29, 0.717) is 22.6 Å². The summed E-state index contributed by atoms with van der Waals surface area (Å²) in [7, 11) is 1.74. The van der Waals surface area contributed by atoms with Crippen molar-refractivity contribution in [1.29, 1.82) is 0 Å². The van der Waals surface area contributed by atoms with Gasteiger partial charge in [0.2, 0.25) is 5.95 Å². The zero-order chi connectivity index (χ0) is 15.3. The first-order valence-electron chi connectivity index (χ1n) is 6.39. The van der Waals surface area contributed by atoms with Gasteiger partial charge < -0.3 is 30.5 Å². The second-order valence-corrected chi connectivity index (χ2v) is 6.01. The van der Waals surface area contributed by atoms with Gasteiger partial charge in [0, 0.05) is 11.5 Å². The summed E-state index contributed by atoms with van der Waals surface area (Å²) in [6.07, 6.45) is -3.27. The topological polar surface area (TPSA) is 128 Å². The monoisotopic (exact) mass is 409 g/mol. The number of nitrogens with two attached hydrogens (primary N) is 1. The van der Waals surface area contributed by atoms with Crippen LogP contribution in [0.15, 0.2) is 4.79 Å². The smallest absolute Gasteiger partial charge is 0.278 e. The predicted octanol–water partition coefficient (Wildman–Crippen LogP) is -1.55. The average molecular weight is 409 g/mol. The van der Waals surface area contributed by atoms with Crippen molar-refractivity contribution < 1.29 is 14.9 Å². The lowest BCUT2D eigenvalue weighted by Gasteiger charge is -2.27. The third kappa shape index (κ3) is 2.25. The number of anilines is 3. The molecule has 0 unspecified atom stereocenters. The molecule has 9 nitrogen and oxygen atoms in total. The lowest BCUT2D eigenvalue weighted by atomic mass is 10.1. The van der Waals surface area contributed by atoms with Crippen LogP contribution in [0, 0.1) is 0 Å². The summed E-state index contributed by atoms with van der Waals surface area (Å²) in [6, 6.07) is 0. The number of nitrogens with zero attached hydrogens (tertiary/aromatic N) is 3. The largest absolute Gasteiger partial charge is 0.387 e. The predicted molar refractivity (Wildman–Crippen MR) is 84.6 cm³/mol. The number of nitrogens with one attached hydrogen (secondary N) is 1. The number of aliphatic hydroxyl groups excluding tert-OH is 2. The summed E-state index contributed by atoms with van der Waals surface area (Å²) in [5.74, 6) is 0.349. The molecule has 2 aliphatic rings. The molecule has 21 heavy (non-hydrogen) atoms. The molecule has 1 aromatic heterocycles. The highest BCUT2D eigenvalue weighted by Crippen LogP contribution is 2.36. The molecule has 0 aliphatic carbocycles. The number of rotatable bonds is 2. The second-order valence-electron chi connectivity index (χ2n) is 5.13. The van der Waals surface area contributed by atoms with Crippen molar-refractivity contribution in [3.05, 3.63) is 10.4 Å². The molecule has 1 saturated heterocycles. The number of aromatic amines is 1. The highest BCUT2D eigenvalue weighted by atomic mass is 127. The molecule has 1 fully saturated rings. The van der Waals surface area contributed by atoms with Crippen LogP contribution in [-0.2, 0) is 4.74 Å². The Morgan fingerprint density at radius 3 is 2.86 bits per heavy atom. The first kappa shape index (κ1) is 14.8. The number of H-pyrrole nitrogens is 1. The van der Waals surface area contributed by atoms with E-state index >= 15 is 0 Å². The Labute approximate surface area is 133 Å². The lowest BCUT2D eigenvalue weighted by molar-refractivity contribution is 0.0172. The van der Waals surface area contributed by atoms with E-state index < -0.39 is 24.5 Å². The number of aliphatic hydroxyl groups is 2. The van der Waals surface area contributed by atoms with Gasteiger partial charge in [-0.05, 0) is 0 Å². The van der Waals surface area contributed by atoms with Crippen molar-refractivity contribution >= 4 is 40.0 Å². The molecule has 1 aromatic rings. The van der Waals surface area contributed by atoms with Gasteiger partial charge in [-0.2, -0.15) is 4.98 Å². The number of nitrogen functional groups attached to an aromatic ring is 1. The maximum Gasteiger partial charge on any atom is 0.278 e. The molecular formula is C11H16IN5O4. The Morgan fingerprint density at radius 1 is 1.52 bits per heavy atom. The van der Waals surface area contributed by atoms with E-state index in [0.717, 1.165) is 0 Å². The molecule has 5 N–H and O–H groups in total. The van der Waals surface area contributed by atoms with Gasteiger partial charge in [0.15, 0.2) is 12.0 Å². The van der Waals surface area contributed by atoms with E-state index in [1.165, 1.54) is 0 Å². The summed E-state index contributed by atoms with van der Waals surface area (Å²) in [6.45, 7) is 0.317. The van der Waals surface area contributed by atoms with Crippen LogP contribution in [0.2, 0.25) is 0 Å². The summed E-state index contributed by atoms with van der Waals surface area (Å²) >= 11 is 2.09. The maximum absolute atomic E-state index is 12.0. The van der Waals surface area contributed by atoms with Gasteiger partial charge in [-0.3, -0.25) is 9.78 Å². The number of alkyl halides is 1. The van der Waals surface area contributed by atoms with Crippen molar-refractivity contribution in [2.45, 2.75) is 24.5 Å². The van der Waals surface area contributed by atoms with Crippen molar-refractivity contribution in [3.63, 3.8) is 0 Å². The van der Waals surface area contributed by atoms with Crippen LogP contribution in [0.1, 0.15) is 0 Å². The van der Waals surface area contributed by atoms with E-state index in [-0.39, 0.29) is 11.5 Å². The molecule has 4 atom stereocenters. The van der Waals surface area contributed by atoms with Crippen LogP contribution in [0.4, 0.5) is 17.5 Å². The fraction of sp³-hybridized carbons (Fsp3) is 0.636. The van der Waals surface area contributed by atoms with Crippen LogP contribution in [-0.4, -0.2) is 62.9 Å². The number of hydrogen-bond acceptors (Lipinski definition) is 8. The quantitative estimate of drug-likeness (QED) is 0.342. The lowest BCUT2D eigenvalue weighted by Crippen LogP contribution is -2.45. The molecular weight excluding hydrogens is 393 g/mol. The molecule has 0 aromatic carbocycles. The molecule has 0 amide bonds. The SMILES string of the molecule is CN1CN([C@@H]2O[C@H](CI)[C@@H](O)[C@H]2O)c2nc(N)[nH]c(=O)c21. The Hall–Kier alpha value is -1.11. The first-order chi connectivity index (χ1) is 9.93. The molecule has 0 spiro atoms. The standard InChI is InChI=1S/C11H16IN5O4/c1-16-3-17(8-5(16)9(20)15-11(13)14-8)10-7(19)6(18)4(2-12)21-10/h4,6-7,10,18-19H,2-3H2,1H3,(H3,13,14,15,20)/t4-,6-,7-,10-/m1/s1. The van der Waals surface area contributed by atoms with Gasteiger partial charge in [-0.25, -0.2) is 0 Å². The van der Waals surface area contributed by atoms with Crippen LogP contribution in [0.5, 0.6) is 0 Å². The molecule has 116 valence electrons. The zero-order valence-corrected chi connectivity index (χ0v) is 13.4. The minimum absolute atomic E-state index is 0.00229. The van der Waals surface area contributed by atoms with Gasteiger partial charge in [0.25, 0.3) is 5.56 Å². The maximum atomic E-state index is 12.0. The highest BCUT2D eigenvalue weighted by molar-refractivity contribution is 14.1. The number of ether oxygens (including phenoxy) is 1. The van der Waals surface area contributed by atoms with Crippen molar-refractivity contribution in [1.82, 2.24) is 9.97 Å². The van der Waals surface area contributed by atoms with E-state index in [4.69, 9.17) is 10.5 Å². The van der Waals surface area contributed by atoms with Gasteiger partial charge in [0.05, 0.1) is 12.8 Å². The Balaban J connectivity index is 1.99. The third-order valence-corrected chi connectivity index (χ3v) is 4.58. The second kappa shape index (κ2) is 5.26. The van der Waals surface area contributed by atoms with Gasteiger partial charge in [-0.15, -0.1) is 0 Å². The average Bonchev–Trinajstić information content (AvgIpc) is 2.89. The van der Waals surface area contributed by atoms with Crippen LogP contribution in [0.25, 0.3) is 0 Å². The summed E-state index contributed by atoms with van der Waals surface area (Å²) < 4.78 is 6.25. The van der Waals surface area contributed by atoms with Crippen molar-refractivity contribution in [3.8, 4) is 0 Å². The third-order valence-electron chi connectivity index (χ3n) is 3.71. The van der Waals surface area contributed by atoms with Crippen molar-refractivity contribution in [2.24, 2.45) is 0 Å². The van der Waals surface area contributed by atoms with E-state index in [1.807, 2.05) is 0 Å². The van der Waals surface area contributed by atoms with Gasteiger partial charge in [-0.1, -0.05) is 22.6 Å². The van der Waals surface area contributed by atoms with E-state index in [1.54, 1.807) is 16.8 Å². The highest BCUT2D eigenvalue weighted by Gasteiger charge is 2.48. The Morgan fingerprint density at radius 2 is 2.24 bits per heavy atom. The van der Waals surface area contributed by atoms with Crippen LogP contribution >= 0.6 is 22.6 Å². The number of halogens is 1. The minimum atomic E-state index is -1.08. The van der Waals surface area contributed by atoms with Gasteiger partial charge in [0.1, 0.15) is 17.9 Å². The van der Waals surface area contributed by atoms with E-state index in [2.05, 4.69) is 32.6 Å². The first-order valence-corrected chi connectivity index (χ1v) is 7.91. The van der Waals surface area contributed by atoms with Gasteiger partial charge >= 0.3 is 0 Å². The Kier molecular flexibility index (Phi) is 3.71. The molecule has 10 heteroatoms. The Bertz CT molecular complexity index is 611. The number of fused-ring (bicyclic) bond motifs is 1. The molecule has 2 aliphatic heterocycles. The molecule has 0 bridgehead atoms. The molecule has 0 radical (unpaired) electrons. The summed E-state index contributed by atoms with van der Waals surface area (Å²) in [5.41, 5.74) is 5.61. The molecule has 0 saturated carbocycles. The normalized spacial score (nSPS) is 31.8. The van der Waals surface area contributed by atoms with Crippen molar-refractivity contribution in [2.75, 3.05) is 33.7 Å². The fourth-order valence-electron chi connectivity index (χ4n) is 2.70. The number of hydrogen-bond donors (Lipinski definition) is 4. The summed E-state index contributed by atoms with van der Waals surface area (Å²) in [4.78, 5) is 21.9. The van der Waals surface area contributed by atoms with Crippen LogP contribution in [0.3, 0.4) is 0 Å². The number of aromatic nitrogens is 2. The van der Waals surface area contributed by atoms with Crippen LogP contribution < -0.4 is 21.1 Å². The fourth-order valence-corrected chi connectivity index (χ4v) is 3.43. The summed E-state index contributed by atoms with van der Waals surface area (Å²) in [5, 5.41) is 20.2. The minimum Gasteiger partial charge on any atom is -0.387 e. The molecule has 3 heterocycles.